The van der Waals surface area contributed by atoms with Crippen LogP contribution in [0.3, 0.4) is 0 Å². The van der Waals surface area contributed by atoms with Gasteiger partial charge in [-0.25, -0.2) is 4.79 Å². The second-order valence-electron chi connectivity index (χ2n) is 3.18. The molecule has 1 rings (SSSR count). The smallest absolute Gasteiger partial charge is 0.340 e. The fourth-order valence-electron chi connectivity index (χ4n) is 1.13. The van der Waals surface area contributed by atoms with Gasteiger partial charge in [0.1, 0.15) is 10.6 Å². The Kier molecular flexibility index (Phi) is 4.39. The SMILES string of the molecule is CNCCC(=O)Nc1snc(C)c1C(=O)O. The van der Waals surface area contributed by atoms with Crippen LogP contribution in [0.2, 0.25) is 0 Å². The molecular formula is C9H13N3O3S. The predicted molar refractivity (Wildman–Crippen MR) is 61.0 cm³/mol. The fraction of sp³-hybridized carbons (Fsp3) is 0.444. The lowest BCUT2D eigenvalue weighted by Crippen LogP contribution is -2.19. The minimum atomic E-state index is -1.07. The predicted octanol–water partition coefficient (Wildman–Crippen LogP) is 0.698. The van der Waals surface area contributed by atoms with Crippen LogP contribution >= 0.6 is 11.5 Å². The summed E-state index contributed by atoms with van der Waals surface area (Å²) in [5.41, 5.74) is 0.490. The fourth-order valence-corrected chi connectivity index (χ4v) is 1.94. The van der Waals surface area contributed by atoms with Crippen LogP contribution in [0.4, 0.5) is 5.00 Å². The molecule has 6 nitrogen and oxygen atoms in total. The number of aryl methyl sites for hydroxylation is 1. The summed E-state index contributed by atoms with van der Waals surface area (Å²) < 4.78 is 3.90. The second kappa shape index (κ2) is 5.57. The molecule has 0 spiro atoms. The van der Waals surface area contributed by atoms with Crippen LogP contribution in [0.15, 0.2) is 0 Å². The van der Waals surface area contributed by atoms with Crippen molar-refractivity contribution in [3.63, 3.8) is 0 Å². The van der Waals surface area contributed by atoms with Gasteiger partial charge in [-0.1, -0.05) is 0 Å². The summed E-state index contributed by atoms with van der Waals surface area (Å²) in [6.45, 7) is 2.15. The highest BCUT2D eigenvalue weighted by molar-refractivity contribution is 7.11. The number of nitrogens with zero attached hydrogens (tertiary/aromatic N) is 1. The van der Waals surface area contributed by atoms with E-state index >= 15 is 0 Å². The number of carbonyl (C=O) groups excluding carboxylic acids is 1. The maximum atomic E-state index is 11.4. The van der Waals surface area contributed by atoms with E-state index in [0.717, 1.165) is 11.5 Å². The molecule has 0 aliphatic rings. The van der Waals surface area contributed by atoms with E-state index in [0.29, 0.717) is 23.7 Å². The average molecular weight is 243 g/mol. The van der Waals surface area contributed by atoms with Crippen molar-refractivity contribution in [3.8, 4) is 0 Å². The van der Waals surface area contributed by atoms with Gasteiger partial charge < -0.3 is 15.7 Å². The highest BCUT2D eigenvalue weighted by Crippen LogP contribution is 2.24. The Hall–Kier alpha value is -1.47. The zero-order chi connectivity index (χ0) is 12.1. The van der Waals surface area contributed by atoms with E-state index < -0.39 is 5.97 Å². The Morgan fingerprint density at radius 3 is 2.75 bits per heavy atom. The Morgan fingerprint density at radius 2 is 2.19 bits per heavy atom. The Balaban J connectivity index is 2.74. The molecular weight excluding hydrogens is 230 g/mol. The van der Waals surface area contributed by atoms with Crippen molar-refractivity contribution in [1.29, 1.82) is 0 Å². The third kappa shape index (κ3) is 3.01. The van der Waals surface area contributed by atoms with Crippen LogP contribution in [0, 0.1) is 6.92 Å². The Morgan fingerprint density at radius 1 is 1.50 bits per heavy atom. The van der Waals surface area contributed by atoms with Crippen LogP contribution < -0.4 is 10.6 Å². The minimum absolute atomic E-state index is 0.0720. The van der Waals surface area contributed by atoms with Gasteiger partial charge in [0.05, 0.1) is 5.69 Å². The summed E-state index contributed by atoms with van der Waals surface area (Å²) in [6, 6.07) is 0. The molecule has 1 aromatic heterocycles. The number of carboxylic acid groups (broad SMARTS) is 1. The van der Waals surface area contributed by atoms with Crippen molar-refractivity contribution in [1.82, 2.24) is 9.69 Å². The van der Waals surface area contributed by atoms with Gasteiger partial charge in [0.2, 0.25) is 5.91 Å². The van der Waals surface area contributed by atoms with E-state index in [1.807, 2.05) is 0 Å². The van der Waals surface area contributed by atoms with Crippen LogP contribution in [0.5, 0.6) is 0 Å². The molecule has 88 valence electrons. The van der Waals surface area contributed by atoms with E-state index in [-0.39, 0.29) is 11.5 Å². The molecule has 0 unspecified atom stereocenters. The van der Waals surface area contributed by atoms with Gasteiger partial charge >= 0.3 is 5.97 Å². The number of carboxylic acids is 1. The van der Waals surface area contributed by atoms with E-state index in [4.69, 9.17) is 5.11 Å². The van der Waals surface area contributed by atoms with E-state index in [9.17, 15) is 9.59 Å². The first-order valence-electron chi connectivity index (χ1n) is 4.70. The van der Waals surface area contributed by atoms with Crippen LogP contribution in [0.25, 0.3) is 0 Å². The number of nitrogens with one attached hydrogen (secondary N) is 2. The molecule has 1 amide bonds. The first-order valence-corrected chi connectivity index (χ1v) is 5.47. The number of amides is 1. The maximum Gasteiger partial charge on any atom is 0.340 e. The lowest BCUT2D eigenvalue weighted by molar-refractivity contribution is -0.116. The monoisotopic (exact) mass is 243 g/mol. The zero-order valence-electron chi connectivity index (χ0n) is 9.03. The lowest BCUT2D eigenvalue weighted by Gasteiger charge is -2.03. The van der Waals surface area contributed by atoms with E-state index in [2.05, 4.69) is 15.0 Å². The topological polar surface area (TPSA) is 91.3 Å². The van der Waals surface area contributed by atoms with E-state index in [1.54, 1.807) is 14.0 Å². The quantitative estimate of drug-likeness (QED) is 0.708. The number of anilines is 1. The number of rotatable bonds is 5. The number of hydrogen-bond donors (Lipinski definition) is 3. The first kappa shape index (κ1) is 12.6. The molecule has 16 heavy (non-hydrogen) atoms. The van der Waals surface area contributed by atoms with Gasteiger partial charge in [-0.15, -0.1) is 0 Å². The van der Waals surface area contributed by atoms with Crippen molar-refractivity contribution < 1.29 is 14.7 Å². The zero-order valence-corrected chi connectivity index (χ0v) is 9.85. The molecule has 0 fully saturated rings. The summed E-state index contributed by atoms with van der Waals surface area (Å²) in [5.74, 6) is -1.30. The van der Waals surface area contributed by atoms with Gasteiger partial charge in [0.15, 0.2) is 0 Å². The minimum Gasteiger partial charge on any atom is -0.478 e. The van der Waals surface area contributed by atoms with Crippen LogP contribution in [-0.2, 0) is 4.79 Å². The van der Waals surface area contributed by atoms with Crippen molar-refractivity contribution >= 4 is 28.4 Å². The first-order chi connectivity index (χ1) is 7.56. The van der Waals surface area contributed by atoms with E-state index in [1.165, 1.54) is 0 Å². The van der Waals surface area contributed by atoms with Gasteiger partial charge in [-0.3, -0.25) is 4.79 Å². The average Bonchev–Trinajstić information content (AvgIpc) is 2.56. The summed E-state index contributed by atoms with van der Waals surface area (Å²) >= 11 is 0.983. The highest BCUT2D eigenvalue weighted by atomic mass is 32.1. The molecule has 0 radical (unpaired) electrons. The van der Waals surface area contributed by atoms with Gasteiger partial charge in [0, 0.05) is 13.0 Å². The molecule has 1 heterocycles. The maximum absolute atomic E-state index is 11.4. The van der Waals surface area contributed by atoms with Crippen molar-refractivity contribution in [2.75, 3.05) is 18.9 Å². The molecule has 0 saturated carbocycles. The third-order valence-corrected chi connectivity index (χ3v) is 2.79. The van der Waals surface area contributed by atoms with Crippen LogP contribution in [-0.4, -0.2) is 34.9 Å². The molecule has 0 aliphatic carbocycles. The normalized spacial score (nSPS) is 10.1. The molecule has 1 aromatic rings. The summed E-state index contributed by atoms with van der Waals surface area (Å²) in [7, 11) is 1.74. The van der Waals surface area contributed by atoms with Crippen molar-refractivity contribution in [2.45, 2.75) is 13.3 Å². The van der Waals surface area contributed by atoms with Gasteiger partial charge in [-0.2, -0.15) is 4.37 Å². The highest BCUT2D eigenvalue weighted by Gasteiger charge is 2.18. The molecule has 7 heteroatoms. The van der Waals surface area contributed by atoms with Crippen molar-refractivity contribution in [3.05, 3.63) is 11.3 Å². The Labute approximate surface area is 96.8 Å². The number of hydrogen-bond acceptors (Lipinski definition) is 5. The van der Waals surface area contributed by atoms with Crippen molar-refractivity contribution in [2.24, 2.45) is 0 Å². The Bertz CT molecular complexity index is 403. The standard InChI is InChI=1S/C9H13N3O3S/c1-5-7(9(14)15)8(16-12-5)11-6(13)3-4-10-2/h10H,3-4H2,1-2H3,(H,11,13)(H,14,15). The van der Waals surface area contributed by atoms with Gasteiger partial charge in [-0.05, 0) is 25.5 Å². The summed E-state index contributed by atoms with van der Waals surface area (Å²) in [4.78, 5) is 22.3. The molecule has 3 N–H and O–H groups in total. The van der Waals surface area contributed by atoms with Gasteiger partial charge in [0.25, 0.3) is 0 Å². The summed E-state index contributed by atoms with van der Waals surface area (Å²) in [5, 5.41) is 14.6. The molecule has 0 bridgehead atoms. The molecule has 0 atom stereocenters. The number of aromatic nitrogens is 1. The molecule has 0 aliphatic heterocycles. The lowest BCUT2D eigenvalue weighted by atomic mass is 10.2. The number of aromatic carboxylic acids is 1. The second-order valence-corrected chi connectivity index (χ2v) is 3.95. The van der Waals surface area contributed by atoms with Crippen LogP contribution in [0.1, 0.15) is 22.5 Å². The molecule has 0 aromatic carbocycles. The molecule has 0 saturated heterocycles. The third-order valence-electron chi connectivity index (χ3n) is 1.93. The summed E-state index contributed by atoms with van der Waals surface area (Å²) in [6.07, 6.45) is 0.298. The largest absolute Gasteiger partial charge is 0.478 e. The number of carbonyl (C=O) groups is 2.